The van der Waals surface area contributed by atoms with E-state index in [1.165, 1.54) is 5.56 Å². The van der Waals surface area contributed by atoms with Gasteiger partial charge in [0.15, 0.2) is 0 Å². The van der Waals surface area contributed by atoms with E-state index in [9.17, 15) is 4.79 Å². The molecule has 1 aromatic heterocycles. The van der Waals surface area contributed by atoms with Crippen molar-refractivity contribution in [3.8, 4) is 0 Å². The highest BCUT2D eigenvalue weighted by atomic mass is 16.5. The van der Waals surface area contributed by atoms with Crippen molar-refractivity contribution in [3.63, 3.8) is 0 Å². The lowest BCUT2D eigenvalue weighted by Gasteiger charge is -2.19. The molecule has 0 saturated carbocycles. The highest BCUT2D eigenvalue weighted by Crippen LogP contribution is 2.19. The minimum Gasteiger partial charge on any atom is -0.371 e. The van der Waals surface area contributed by atoms with Crippen LogP contribution in [0.25, 0.3) is 0 Å². The van der Waals surface area contributed by atoms with Crippen molar-refractivity contribution in [2.45, 2.75) is 12.5 Å². The molecule has 1 N–H and O–H groups in total. The lowest BCUT2D eigenvalue weighted by Crippen LogP contribution is -2.33. The van der Waals surface area contributed by atoms with E-state index in [-0.39, 0.29) is 18.6 Å². The molecule has 3 rings (SSSR count). The van der Waals surface area contributed by atoms with Crippen LogP contribution >= 0.6 is 0 Å². The van der Waals surface area contributed by atoms with Gasteiger partial charge in [0.05, 0.1) is 18.3 Å². The van der Waals surface area contributed by atoms with Crippen LogP contribution in [-0.4, -0.2) is 24.1 Å². The smallest absolute Gasteiger partial charge is 0.246 e. The molecule has 2 aromatic carbocycles. The molecule has 4 nitrogen and oxygen atoms in total. The van der Waals surface area contributed by atoms with Gasteiger partial charge in [0, 0.05) is 6.20 Å². The zero-order valence-corrected chi connectivity index (χ0v) is 14.5. The quantitative estimate of drug-likeness (QED) is 0.635. The Morgan fingerprint density at radius 3 is 2.31 bits per heavy atom. The van der Waals surface area contributed by atoms with Crippen molar-refractivity contribution in [2.75, 3.05) is 13.2 Å². The zero-order chi connectivity index (χ0) is 18.0. The van der Waals surface area contributed by atoms with Gasteiger partial charge in [-0.2, -0.15) is 0 Å². The van der Waals surface area contributed by atoms with Gasteiger partial charge in [0.1, 0.15) is 6.61 Å². The second kappa shape index (κ2) is 9.49. The molecular formula is C22H22N2O2. The van der Waals surface area contributed by atoms with Crippen molar-refractivity contribution < 1.29 is 9.53 Å². The van der Waals surface area contributed by atoms with E-state index in [4.69, 9.17) is 4.74 Å². The largest absolute Gasteiger partial charge is 0.371 e. The number of rotatable bonds is 8. The maximum Gasteiger partial charge on any atom is 0.246 e. The maximum absolute atomic E-state index is 12.3. The third-order valence-corrected chi connectivity index (χ3v) is 4.03. The summed E-state index contributed by atoms with van der Waals surface area (Å²) in [5.74, 6) is -0.155. The van der Waals surface area contributed by atoms with Crippen molar-refractivity contribution in [1.82, 2.24) is 10.3 Å². The summed E-state index contributed by atoms with van der Waals surface area (Å²) >= 11 is 0. The number of aromatic nitrogens is 1. The summed E-state index contributed by atoms with van der Waals surface area (Å²) in [6, 6.07) is 25.3. The molecule has 0 radical (unpaired) electrons. The monoisotopic (exact) mass is 346 g/mol. The van der Waals surface area contributed by atoms with Gasteiger partial charge in [-0.1, -0.05) is 66.7 Å². The number of hydrogen-bond donors (Lipinski definition) is 1. The summed E-state index contributed by atoms with van der Waals surface area (Å²) in [6.45, 7) is 0.542. The molecule has 1 unspecified atom stereocenters. The summed E-state index contributed by atoms with van der Waals surface area (Å²) in [5, 5.41) is 3.02. The van der Waals surface area contributed by atoms with Gasteiger partial charge in [0.25, 0.3) is 0 Å². The molecule has 0 aliphatic heterocycles. The SMILES string of the molecule is O=C(COCCc1ccccc1)NC(c1ccccc1)c1ccccn1. The number of hydrogen-bond acceptors (Lipinski definition) is 3. The van der Waals surface area contributed by atoms with Gasteiger partial charge in [-0.25, -0.2) is 0 Å². The molecule has 0 bridgehead atoms. The van der Waals surface area contributed by atoms with Crippen LogP contribution in [0.4, 0.5) is 0 Å². The van der Waals surface area contributed by atoms with E-state index < -0.39 is 0 Å². The van der Waals surface area contributed by atoms with E-state index in [1.54, 1.807) is 6.20 Å². The summed E-state index contributed by atoms with van der Waals surface area (Å²) in [4.78, 5) is 16.7. The van der Waals surface area contributed by atoms with Crippen LogP contribution in [0.15, 0.2) is 85.1 Å². The Kier molecular flexibility index (Phi) is 6.51. The van der Waals surface area contributed by atoms with Crippen LogP contribution in [0.5, 0.6) is 0 Å². The van der Waals surface area contributed by atoms with Crippen molar-refractivity contribution in [2.24, 2.45) is 0 Å². The first-order valence-corrected chi connectivity index (χ1v) is 8.70. The van der Waals surface area contributed by atoms with Crippen LogP contribution in [0.2, 0.25) is 0 Å². The highest BCUT2D eigenvalue weighted by Gasteiger charge is 2.17. The van der Waals surface area contributed by atoms with Crippen LogP contribution in [0.3, 0.4) is 0 Å². The Hall–Kier alpha value is -2.98. The molecule has 4 heteroatoms. The average molecular weight is 346 g/mol. The number of nitrogens with zero attached hydrogens (tertiary/aromatic N) is 1. The molecule has 26 heavy (non-hydrogen) atoms. The van der Waals surface area contributed by atoms with E-state index in [0.29, 0.717) is 6.61 Å². The van der Waals surface area contributed by atoms with Gasteiger partial charge in [-0.15, -0.1) is 0 Å². The van der Waals surface area contributed by atoms with Crippen LogP contribution < -0.4 is 5.32 Å². The molecule has 132 valence electrons. The van der Waals surface area contributed by atoms with Gasteiger partial charge in [-0.3, -0.25) is 9.78 Å². The highest BCUT2D eigenvalue weighted by molar-refractivity contribution is 5.78. The van der Waals surface area contributed by atoms with E-state index >= 15 is 0 Å². The summed E-state index contributed by atoms with van der Waals surface area (Å²) < 4.78 is 5.54. The first-order valence-electron chi connectivity index (χ1n) is 8.70. The lowest BCUT2D eigenvalue weighted by atomic mass is 10.0. The second-order valence-corrected chi connectivity index (χ2v) is 5.95. The van der Waals surface area contributed by atoms with Crippen molar-refractivity contribution >= 4 is 5.91 Å². The normalized spacial score (nSPS) is 11.7. The minimum atomic E-state index is -0.289. The Balaban J connectivity index is 1.56. The number of ether oxygens (including phenoxy) is 1. The lowest BCUT2D eigenvalue weighted by molar-refractivity contribution is -0.126. The molecule has 1 amide bonds. The maximum atomic E-state index is 12.3. The van der Waals surface area contributed by atoms with Gasteiger partial charge < -0.3 is 10.1 Å². The number of pyridine rings is 1. The third-order valence-electron chi connectivity index (χ3n) is 4.03. The fourth-order valence-corrected chi connectivity index (χ4v) is 2.72. The summed E-state index contributed by atoms with van der Waals surface area (Å²) in [5.41, 5.74) is 2.99. The van der Waals surface area contributed by atoms with Crippen LogP contribution in [0, 0.1) is 0 Å². The third kappa shape index (κ3) is 5.26. The van der Waals surface area contributed by atoms with E-state index in [2.05, 4.69) is 22.4 Å². The first-order chi connectivity index (χ1) is 12.8. The Morgan fingerprint density at radius 1 is 0.923 bits per heavy atom. The molecule has 0 aliphatic carbocycles. The standard InChI is InChI=1S/C22H22N2O2/c25-21(17-26-16-14-18-9-3-1-4-10-18)24-22(19-11-5-2-6-12-19)20-13-7-8-15-23-20/h1-13,15,22H,14,16-17H2,(H,24,25). The summed E-state index contributed by atoms with van der Waals surface area (Å²) in [7, 11) is 0. The van der Waals surface area contributed by atoms with E-state index in [0.717, 1.165) is 17.7 Å². The number of benzene rings is 2. The van der Waals surface area contributed by atoms with Gasteiger partial charge in [-0.05, 0) is 29.7 Å². The topological polar surface area (TPSA) is 51.2 Å². The summed E-state index contributed by atoms with van der Waals surface area (Å²) in [6.07, 6.45) is 2.52. The fourth-order valence-electron chi connectivity index (χ4n) is 2.72. The number of nitrogens with one attached hydrogen (secondary N) is 1. The first kappa shape index (κ1) is 17.8. The van der Waals surface area contributed by atoms with Gasteiger partial charge >= 0.3 is 0 Å². The van der Waals surface area contributed by atoms with E-state index in [1.807, 2.05) is 66.7 Å². The van der Waals surface area contributed by atoms with Gasteiger partial charge in [0.2, 0.25) is 5.91 Å². The predicted molar refractivity (Wildman–Crippen MR) is 102 cm³/mol. The molecule has 0 aliphatic rings. The zero-order valence-electron chi connectivity index (χ0n) is 14.5. The molecule has 0 spiro atoms. The van der Waals surface area contributed by atoms with Crippen LogP contribution in [-0.2, 0) is 16.0 Å². The Bertz CT molecular complexity index is 753. The van der Waals surface area contributed by atoms with Crippen LogP contribution in [0.1, 0.15) is 22.9 Å². The Labute approximate surface area is 153 Å². The molecule has 1 heterocycles. The van der Waals surface area contributed by atoms with Crippen molar-refractivity contribution in [3.05, 3.63) is 102 Å². The molecule has 0 fully saturated rings. The fraction of sp³-hybridized carbons (Fsp3) is 0.182. The molecule has 3 aromatic rings. The Morgan fingerprint density at radius 2 is 1.62 bits per heavy atom. The molecule has 1 atom stereocenters. The predicted octanol–water partition coefficient (Wildman–Crippen LogP) is 3.55. The second-order valence-electron chi connectivity index (χ2n) is 5.95. The van der Waals surface area contributed by atoms with Crippen molar-refractivity contribution in [1.29, 1.82) is 0 Å². The minimum absolute atomic E-state index is 0.0308. The number of carbonyl (C=O) groups is 1. The number of carbonyl (C=O) groups excluding carboxylic acids is 1. The number of amides is 1. The molecular weight excluding hydrogens is 324 g/mol. The average Bonchev–Trinajstić information content (AvgIpc) is 2.71. The molecule has 0 saturated heterocycles.